The van der Waals surface area contributed by atoms with Crippen LogP contribution in [0.25, 0.3) is 0 Å². The molecule has 0 amide bonds. The van der Waals surface area contributed by atoms with E-state index in [1.165, 1.54) is 0 Å². The summed E-state index contributed by atoms with van der Waals surface area (Å²) in [5, 5.41) is 4.33. The first-order valence-corrected chi connectivity index (χ1v) is 8.74. The van der Waals surface area contributed by atoms with E-state index in [0.717, 1.165) is 28.7 Å². The number of halogens is 3. The van der Waals surface area contributed by atoms with Crippen LogP contribution < -0.4 is 14.8 Å². The smallest absolute Gasteiger partial charge is 0.175 e. The molecule has 0 unspecified atom stereocenters. The van der Waals surface area contributed by atoms with Crippen LogP contribution in [0.2, 0.25) is 10.0 Å². The van der Waals surface area contributed by atoms with Gasteiger partial charge in [-0.15, -0.1) is 0 Å². The third-order valence-electron chi connectivity index (χ3n) is 3.24. The molecule has 0 aliphatic heterocycles. The molecule has 0 aromatic heterocycles. The summed E-state index contributed by atoms with van der Waals surface area (Å²) >= 11 is 15.5. The fourth-order valence-electron chi connectivity index (χ4n) is 2.07. The van der Waals surface area contributed by atoms with Crippen LogP contribution in [0.5, 0.6) is 11.5 Å². The normalized spacial score (nSPS) is 10.7. The van der Waals surface area contributed by atoms with Gasteiger partial charge in [-0.1, -0.05) is 36.2 Å². The molecular formula is C17H18BrCl2NO2. The third kappa shape index (κ3) is 5.01. The first-order valence-electron chi connectivity index (χ1n) is 7.19. The van der Waals surface area contributed by atoms with Gasteiger partial charge in [-0.3, -0.25) is 0 Å². The minimum Gasteiger partial charge on any atom is -0.493 e. The summed E-state index contributed by atoms with van der Waals surface area (Å²) in [5.74, 6) is 1.35. The minimum atomic E-state index is 0.373. The van der Waals surface area contributed by atoms with Crippen molar-refractivity contribution in [1.82, 2.24) is 5.32 Å². The molecule has 124 valence electrons. The Morgan fingerprint density at radius 3 is 2.52 bits per heavy atom. The second-order valence-electron chi connectivity index (χ2n) is 4.93. The molecule has 1 N–H and O–H groups in total. The van der Waals surface area contributed by atoms with Crippen LogP contribution in [0.3, 0.4) is 0 Å². The Morgan fingerprint density at radius 1 is 1.09 bits per heavy atom. The van der Waals surface area contributed by atoms with Gasteiger partial charge in [-0.25, -0.2) is 0 Å². The molecule has 3 nitrogen and oxygen atoms in total. The maximum absolute atomic E-state index is 6.03. The molecule has 23 heavy (non-hydrogen) atoms. The number of ether oxygens (including phenoxy) is 2. The number of benzene rings is 2. The Bertz CT molecular complexity index is 680. The molecule has 0 heterocycles. The van der Waals surface area contributed by atoms with E-state index in [2.05, 4.69) is 28.2 Å². The van der Waals surface area contributed by atoms with Crippen LogP contribution in [0.1, 0.15) is 18.1 Å². The second-order valence-corrected chi connectivity index (χ2v) is 6.60. The van der Waals surface area contributed by atoms with E-state index in [4.69, 9.17) is 32.7 Å². The number of methoxy groups -OCH3 is 1. The highest BCUT2D eigenvalue weighted by molar-refractivity contribution is 9.10. The highest BCUT2D eigenvalue weighted by Gasteiger charge is 2.12. The Morgan fingerprint density at radius 2 is 1.87 bits per heavy atom. The Hall–Kier alpha value is -0.940. The van der Waals surface area contributed by atoms with Crippen LogP contribution in [-0.4, -0.2) is 13.7 Å². The molecule has 0 atom stereocenters. The fraction of sp³-hybridized carbons (Fsp3) is 0.294. The maximum atomic E-state index is 6.03. The SMILES string of the molecule is CCNCc1cc(Br)c(OCc2ccc(Cl)c(Cl)c2)c(OC)c1. The van der Waals surface area contributed by atoms with Crippen molar-refractivity contribution < 1.29 is 9.47 Å². The van der Waals surface area contributed by atoms with Crippen LogP contribution in [0.4, 0.5) is 0 Å². The van der Waals surface area contributed by atoms with Crippen molar-refractivity contribution in [1.29, 1.82) is 0 Å². The van der Waals surface area contributed by atoms with Crippen LogP contribution >= 0.6 is 39.1 Å². The number of hydrogen-bond acceptors (Lipinski definition) is 3. The zero-order chi connectivity index (χ0) is 16.8. The van der Waals surface area contributed by atoms with E-state index in [-0.39, 0.29) is 0 Å². The summed E-state index contributed by atoms with van der Waals surface area (Å²) < 4.78 is 12.2. The van der Waals surface area contributed by atoms with Gasteiger partial charge in [0.1, 0.15) is 6.61 Å². The van der Waals surface area contributed by atoms with E-state index in [0.29, 0.717) is 28.2 Å². The molecular weight excluding hydrogens is 401 g/mol. The van der Waals surface area contributed by atoms with Crippen molar-refractivity contribution >= 4 is 39.1 Å². The van der Waals surface area contributed by atoms with E-state index in [1.807, 2.05) is 18.2 Å². The van der Waals surface area contributed by atoms with Crippen molar-refractivity contribution in [2.45, 2.75) is 20.1 Å². The molecule has 2 aromatic carbocycles. The predicted molar refractivity (Wildman–Crippen MR) is 98.9 cm³/mol. The lowest BCUT2D eigenvalue weighted by atomic mass is 10.2. The molecule has 6 heteroatoms. The van der Waals surface area contributed by atoms with E-state index >= 15 is 0 Å². The molecule has 0 radical (unpaired) electrons. The monoisotopic (exact) mass is 417 g/mol. The van der Waals surface area contributed by atoms with Crippen molar-refractivity contribution in [2.24, 2.45) is 0 Å². The highest BCUT2D eigenvalue weighted by atomic mass is 79.9. The minimum absolute atomic E-state index is 0.373. The largest absolute Gasteiger partial charge is 0.493 e. The molecule has 0 bridgehead atoms. The lowest BCUT2D eigenvalue weighted by Crippen LogP contribution is -2.12. The van der Waals surface area contributed by atoms with Gasteiger partial charge in [0.15, 0.2) is 11.5 Å². The van der Waals surface area contributed by atoms with Crippen LogP contribution in [0, 0.1) is 0 Å². The van der Waals surface area contributed by atoms with Gasteiger partial charge < -0.3 is 14.8 Å². The molecule has 0 saturated heterocycles. The quantitative estimate of drug-likeness (QED) is 0.648. The van der Waals surface area contributed by atoms with Gasteiger partial charge in [0.25, 0.3) is 0 Å². The summed E-state index contributed by atoms with van der Waals surface area (Å²) in [6.07, 6.45) is 0. The molecule has 0 saturated carbocycles. The zero-order valence-corrected chi connectivity index (χ0v) is 16.1. The number of rotatable bonds is 7. The second kappa shape index (κ2) is 8.78. The molecule has 0 fully saturated rings. The first-order chi connectivity index (χ1) is 11.0. The van der Waals surface area contributed by atoms with Gasteiger partial charge in [-0.05, 0) is 57.9 Å². The van der Waals surface area contributed by atoms with Crippen molar-refractivity contribution in [3.05, 3.63) is 56.0 Å². The lowest BCUT2D eigenvalue weighted by molar-refractivity contribution is 0.282. The first kappa shape index (κ1) is 18.4. The molecule has 0 aliphatic carbocycles. The van der Waals surface area contributed by atoms with Crippen molar-refractivity contribution in [2.75, 3.05) is 13.7 Å². The average Bonchev–Trinajstić information content (AvgIpc) is 2.54. The molecule has 2 rings (SSSR count). The van der Waals surface area contributed by atoms with E-state index < -0.39 is 0 Å². The van der Waals surface area contributed by atoms with Gasteiger partial charge >= 0.3 is 0 Å². The summed E-state index contributed by atoms with van der Waals surface area (Å²) in [6.45, 7) is 4.13. The van der Waals surface area contributed by atoms with Gasteiger partial charge in [-0.2, -0.15) is 0 Å². The standard InChI is InChI=1S/C17H18BrCl2NO2/c1-3-21-9-12-6-13(18)17(16(8-12)22-2)23-10-11-4-5-14(19)15(20)7-11/h4-8,21H,3,9-10H2,1-2H3. The Kier molecular flexibility index (Phi) is 7.03. The number of hydrogen-bond donors (Lipinski definition) is 1. The Labute approximate surface area is 155 Å². The van der Waals surface area contributed by atoms with Crippen LogP contribution in [-0.2, 0) is 13.2 Å². The predicted octanol–water partition coefficient (Wildman–Crippen LogP) is 5.45. The van der Waals surface area contributed by atoms with Gasteiger partial charge in [0, 0.05) is 6.54 Å². The zero-order valence-electron chi connectivity index (χ0n) is 13.0. The summed E-state index contributed by atoms with van der Waals surface area (Å²) in [5.41, 5.74) is 2.06. The fourth-order valence-corrected chi connectivity index (χ4v) is 2.99. The summed E-state index contributed by atoms with van der Waals surface area (Å²) in [6, 6.07) is 9.43. The van der Waals surface area contributed by atoms with Gasteiger partial charge in [0.05, 0.1) is 21.6 Å². The topological polar surface area (TPSA) is 30.5 Å². The lowest BCUT2D eigenvalue weighted by Gasteiger charge is -2.15. The Balaban J connectivity index is 2.16. The molecule has 0 aliphatic rings. The highest BCUT2D eigenvalue weighted by Crippen LogP contribution is 2.37. The van der Waals surface area contributed by atoms with Crippen molar-refractivity contribution in [3.63, 3.8) is 0 Å². The molecule has 0 spiro atoms. The van der Waals surface area contributed by atoms with E-state index in [9.17, 15) is 0 Å². The third-order valence-corrected chi connectivity index (χ3v) is 4.56. The number of nitrogens with one attached hydrogen (secondary N) is 1. The summed E-state index contributed by atoms with van der Waals surface area (Å²) in [4.78, 5) is 0. The van der Waals surface area contributed by atoms with Crippen LogP contribution in [0.15, 0.2) is 34.8 Å². The van der Waals surface area contributed by atoms with Gasteiger partial charge in [0.2, 0.25) is 0 Å². The van der Waals surface area contributed by atoms with Crippen molar-refractivity contribution in [3.8, 4) is 11.5 Å². The van der Waals surface area contributed by atoms with E-state index in [1.54, 1.807) is 19.2 Å². The maximum Gasteiger partial charge on any atom is 0.175 e. The summed E-state index contributed by atoms with van der Waals surface area (Å²) in [7, 11) is 1.63. The molecule has 2 aromatic rings. The average molecular weight is 419 g/mol.